The standard InChI is InChI=1S/C22H22BN2O2/c1-15-10-20-19-11-16(23-2)8-9-21(19)25(22(20)24-12-15)13-17(26)14-27-18-6-4-3-5-7-18/h3-12,17,26H,13-14H2,1-2H3. The third-order valence-electron chi connectivity index (χ3n) is 4.77. The predicted molar refractivity (Wildman–Crippen MR) is 111 cm³/mol. The van der Waals surface area contributed by atoms with Gasteiger partial charge >= 0.3 is 0 Å². The van der Waals surface area contributed by atoms with Crippen LogP contribution in [0.2, 0.25) is 6.82 Å². The molecular weight excluding hydrogens is 335 g/mol. The summed E-state index contributed by atoms with van der Waals surface area (Å²) in [4.78, 5) is 4.65. The summed E-state index contributed by atoms with van der Waals surface area (Å²) in [7, 11) is 2.09. The molecule has 0 bridgehead atoms. The smallest absolute Gasteiger partial charge is 0.148 e. The van der Waals surface area contributed by atoms with Crippen molar-refractivity contribution in [2.75, 3.05) is 6.61 Å². The molecule has 4 rings (SSSR count). The summed E-state index contributed by atoms with van der Waals surface area (Å²) in [5.74, 6) is 0.760. The van der Waals surface area contributed by atoms with E-state index in [9.17, 15) is 5.11 Å². The van der Waals surface area contributed by atoms with E-state index in [-0.39, 0.29) is 6.61 Å². The monoisotopic (exact) mass is 357 g/mol. The van der Waals surface area contributed by atoms with Gasteiger partial charge in [0.05, 0.1) is 12.1 Å². The maximum Gasteiger partial charge on any atom is 0.148 e. The first-order chi connectivity index (χ1) is 13.2. The molecule has 0 aliphatic carbocycles. The third-order valence-corrected chi connectivity index (χ3v) is 4.77. The molecule has 27 heavy (non-hydrogen) atoms. The number of para-hydroxylation sites is 1. The summed E-state index contributed by atoms with van der Waals surface area (Å²) in [5, 5.41) is 12.9. The van der Waals surface area contributed by atoms with Crippen LogP contribution < -0.4 is 10.2 Å². The molecule has 0 saturated heterocycles. The SMILES string of the molecule is C[B]c1ccc2c(c1)c1cc(C)cnc1n2CC(O)COc1ccccc1. The van der Waals surface area contributed by atoms with Gasteiger partial charge in [-0.05, 0) is 36.8 Å². The number of aliphatic hydroxyl groups is 1. The van der Waals surface area contributed by atoms with Gasteiger partial charge in [-0.25, -0.2) is 4.98 Å². The Kier molecular flexibility index (Phi) is 4.86. The Morgan fingerprint density at radius 2 is 1.93 bits per heavy atom. The molecule has 0 saturated carbocycles. The first-order valence-electron chi connectivity index (χ1n) is 9.19. The summed E-state index contributed by atoms with van der Waals surface area (Å²) in [5.41, 5.74) is 4.27. The fraction of sp³-hybridized carbons (Fsp3) is 0.227. The highest BCUT2D eigenvalue weighted by Gasteiger charge is 2.16. The molecule has 2 aromatic carbocycles. The fourth-order valence-corrected chi connectivity index (χ4v) is 3.43. The van der Waals surface area contributed by atoms with Crippen LogP contribution in [-0.2, 0) is 6.54 Å². The van der Waals surface area contributed by atoms with E-state index in [1.54, 1.807) is 0 Å². The van der Waals surface area contributed by atoms with Crippen molar-refractivity contribution >= 4 is 34.7 Å². The molecule has 135 valence electrons. The van der Waals surface area contributed by atoms with Crippen molar-refractivity contribution in [1.29, 1.82) is 0 Å². The Morgan fingerprint density at radius 3 is 2.70 bits per heavy atom. The molecular formula is C22H22BN2O2. The first-order valence-corrected chi connectivity index (χ1v) is 9.19. The van der Waals surface area contributed by atoms with Crippen LogP contribution >= 0.6 is 0 Å². The number of benzene rings is 2. The molecule has 0 aliphatic rings. The van der Waals surface area contributed by atoms with Crippen molar-refractivity contribution in [3.63, 3.8) is 0 Å². The molecule has 5 heteroatoms. The van der Waals surface area contributed by atoms with Gasteiger partial charge in [-0.1, -0.05) is 42.6 Å². The van der Waals surface area contributed by atoms with E-state index in [0.717, 1.165) is 33.2 Å². The van der Waals surface area contributed by atoms with E-state index in [1.165, 1.54) is 5.46 Å². The number of nitrogens with zero attached hydrogens (tertiary/aromatic N) is 2. The fourth-order valence-electron chi connectivity index (χ4n) is 3.43. The molecule has 0 amide bonds. The number of fused-ring (bicyclic) bond motifs is 3. The minimum Gasteiger partial charge on any atom is -0.491 e. The van der Waals surface area contributed by atoms with Gasteiger partial charge in [0, 0.05) is 17.0 Å². The molecule has 1 unspecified atom stereocenters. The first kappa shape index (κ1) is 17.6. The average molecular weight is 357 g/mol. The van der Waals surface area contributed by atoms with E-state index >= 15 is 0 Å². The molecule has 1 radical (unpaired) electrons. The number of hydrogen-bond donors (Lipinski definition) is 1. The molecule has 1 N–H and O–H groups in total. The van der Waals surface area contributed by atoms with Gasteiger partial charge in [-0.15, -0.1) is 0 Å². The van der Waals surface area contributed by atoms with E-state index in [0.29, 0.717) is 6.54 Å². The molecule has 4 aromatic rings. The lowest BCUT2D eigenvalue weighted by Gasteiger charge is -2.15. The van der Waals surface area contributed by atoms with Gasteiger partial charge in [-0.2, -0.15) is 0 Å². The number of ether oxygens (including phenoxy) is 1. The van der Waals surface area contributed by atoms with Crippen LogP contribution in [0.1, 0.15) is 5.56 Å². The maximum atomic E-state index is 10.6. The second-order valence-electron chi connectivity index (χ2n) is 6.84. The molecule has 2 heterocycles. The van der Waals surface area contributed by atoms with E-state index < -0.39 is 6.10 Å². The van der Waals surface area contributed by atoms with Gasteiger partial charge in [0.1, 0.15) is 31.4 Å². The van der Waals surface area contributed by atoms with Gasteiger partial charge in [-0.3, -0.25) is 0 Å². The summed E-state index contributed by atoms with van der Waals surface area (Å²) in [6.45, 7) is 4.75. The highest BCUT2D eigenvalue weighted by molar-refractivity contribution is 6.52. The molecule has 0 fully saturated rings. The van der Waals surface area contributed by atoms with Gasteiger partial charge in [0.15, 0.2) is 0 Å². The largest absolute Gasteiger partial charge is 0.491 e. The quantitative estimate of drug-likeness (QED) is 0.539. The predicted octanol–water partition coefficient (Wildman–Crippen LogP) is 3.32. The Labute approximate surface area is 159 Å². The van der Waals surface area contributed by atoms with Crippen LogP contribution in [0.25, 0.3) is 21.9 Å². The lowest BCUT2D eigenvalue weighted by Crippen LogP contribution is -2.23. The lowest BCUT2D eigenvalue weighted by molar-refractivity contribution is 0.0944. The molecule has 1 atom stereocenters. The summed E-state index contributed by atoms with van der Waals surface area (Å²) in [6, 6.07) is 18.1. The second-order valence-corrected chi connectivity index (χ2v) is 6.84. The zero-order valence-electron chi connectivity index (χ0n) is 15.6. The third kappa shape index (κ3) is 3.55. The van der Waals surface area contributed by atoms with Crippen molar-refractivity contribution in [3.05, 3.63) is 66.4 Å². The zero-order valence-corrected chi connectivity index (χ0v) is 15.6. The summed E-state index contributed by atoms with van der Waals surface area (Å²) >= 11 is 0. The number of rotatable bonds is 6. The Morgan fingerprint density at radius 1 is 1.11 bits per heavy atom. The van der Waals surface area contributed by atoms with Gasteiger partial charge < -0.3 is 14.4 Å². The van der Waals surface area contributed by atoms with Crippen LogP contribution in [0, 0.1) is 6.92 Å². The maximum absolute atomic E-state index is 10.6. The highest BCUT2D eigenvalue weighted by Crippen LogP contribution is 2.28. The van der Waals surface area contributed by atoms with Gasteiger partial charge in [0.2, 0.25) is 0 Å². The highest BCUT2D eigenvalue weighted by atomic mass is 16.5. The van der Waals surface area contributed by atoms with E-state index in [1.807, 2.05) is 50.3 Å². The number of hydrogen-bond acceptors (Lipinski definition) is 3. The van der Waals surface area contributed by atoms with Crippen molar-refractivity contribution in [3.8, 4) is 5.75 Å². The van der Waals surface area contributed by atoms with Gasteiger partial charge in [0.25, 0.3) is 0 Å². The van der Waals surface area contributed by atoms with Crippen LogP contribution in [0.15, 0.2) is 60.8 Å². The van der Waals surface area contributed by atoms with Crippen molar-refractivity contribution in [1.82, 2.24) is 9.55 Å². The lowest BCUT2D eigenvalue weighted by atomic mass is 9.73. The molecule has 4 nitrogen and oxygen atoms in total. The van der Waals surface area contributed by atoms with Crippen LogP contribution in [-0.4, -0.2) is 34.6 Å². The average Bonchev–Trinajstić information content (AvgIpc) is 2.99. The Balaban J connectivity index is 1.67. The van der Waals surface area contributed by atoms with Crippen LogP contribution in [0.5, 0.6) is 5.75 Å². The second kappa shape index (κ2) is 7.45. The number of aromatic nitrogens is 2. The summed E-state index contributed by atoms with van der Waals surface area (Å²) in [6.07, 6.45) is 1.24. The minimum absolute atomic E-state index is 0.234. The number of aryl methyl sites for hydroxylation is 1. The van der Waals surface area contributed by atoms with E-state index in [2.05, 4.69) is 41.1 Å². The van der Waals surface area contributed by atoms with E-state index in [4.69, 9.17) is 4.74 Å². The molecule has 0 aliphatic heterocycles. The zero-order chi connectivity index (χ0) is 18.8. The van der Waals surface area contributed by atoms with Crippen molar-refractivity contribution in [2.45, 2.75) is 26.4 Å². The Bertz CT molecular complexity index is 1080. The normalized spacial score (nSPS) is 12.4. The number of pyridine rings is 1. The summed E-state index contributed by atoms with van der Waals surface area (Å²) < 4.78 is 7.79. The molecule has 2 aromatic heterocycles. The van der Waals surface area contributed by atoms with Crippen molar-refractivity contribution < 1.29 is 9.84 Å². The Hall–Kier alpha value is -2.79. The topological polar surface area (TPSA) is 47.3 Å². The van der Waals surface area contributed by atoms with Crippen LogP contribution in [0.4, 0.5) is 0 Å². The van der Waals surface area contributed by atoms with Crippen molar-refractivity contribution in [2.24, 2.45) is 0 Å². The number of aliphatic hydroxyl groups excluding tert-OH is 1. The van der Waals surface area contributed by atoms with Crippen LogP contribution in [0.3, 0.4) is 0 Å². The minimum atomic E-state index is -0.635. The molecule has 0 spiro atoms.